The summed E-state index contributed by atoms with van der Waals surface area (Å²) in [5.74, 6) is -2.31. The van der Waals surface area contributed by atoms with Crippen molar-refractivity contribution in [3.8, 4) is 0 Å². The topological polar surface area (TPSA) is 95.9 Å². The van der Waals surface area contributed by atoms with Crippen LogP contribution in [0.1, 0.15) is 13.3 Å². The molecule has 0 bridgehead atoms. The molecule has 0 aliphatic carbocycles. The van der Waals surface area contributed by atoms with Gasteiger partial charge in [0.25, 0.3) is 5.91 Å². The fraction of sp³-hybridized carbons (Fsp3) is 0.375. The number of nitrogens with one attached hydrogen (secondary N) is 1. The minimum atomic E-state index is -1.38. The lowest BCUT2D eigenvalue weighted by Crippen LogP contribution is -2.44. The first-order chi connectivity index (χ1) is 6.93. The molecule has 0 spiro atoms. The summed E-state index contributed by atoms with van der Waals surface area (Å²) in [7, 11) is 0. The predicted molar refractivity (Wildman–Crippen MR) is 46.5 cm³/mol. The summed E-state index contributed by atoms with van der Waals surface area (Å²) < 4.78 is 0. The van der Waals surface area contributed by atoms with Crippen molar-refractivity contribution < 1.29 is 24.3 Å². The first-order valence-corrected chi connectivity index (χ1v) is 4.10. The molecule has 0 radical (unpaired) electrons. The van der Waals surface area contributed by atoms with Crippen LogP contribution in [0.3, 0.4) is 0 Å². The third-order valence-electron chi connectivity index (χ3n) is 1.70. The Bertz CT molecular complexity index is 338. The number of carbonyl (C=O) groups excluding carboxylic acids is 3. The first kappa shape index (κ1) is 11.3. The van der Waals surface area contributed by atoms with Crippen LogP contribution in [0.2, 0.25) is 0 Å². The highest BCUT2D eigenvalue weighted by Crippen LogP contribution is 2.09. The molecule has 1 rings (SSSR count). The molecule has 1 saturated heterocycles. The van der Waals surface area contributed by atoms with E-state index in [-0.39, 0.29) is 12.0 Å². The van der Waals surface area contributed by atoms with E-state index in [0.717, 1.165) is 0 Å². The van der Waals surface area contributed by atoms with E-state index in [2.05, 4.69) is 11.4 Å². The molecule has 1 atom stereocenters. The number of aliphatic hydroxyl groups is 1. The molecular weight excluding hydrogens is 204 g/mol. The zero-order valence-corrected chi connectivity index (χ0v) is 8.02. The molecule has 0 aromatic carbocycles. The lowest BCUT2D eigenvalue weighted by Gasteiger charge is -2.13. The van der Waals surface area contributed by atoms with Gasteiger partial charge in [-0.1, -0.05) is 12.2 Å². The molecule has 0 saturated carbocycles. The second kappa shape index (κ2) is 4.20. The smallest absolute Gasteiger partial charge is 0.353 e. The van der Waals surface area contributed by atoms with Gasteiger partial charge in [-0.15, -0.1) is 0 Å². The molecule has 1 aliphatic heterocycles. The van der Waals surface area contributed by atoms with Gasteiger partial charge < -0.3 is 9.94 Å². The second-order valence-electron chi connectivity index (χ2n) is 3.05. The highest BCUT2D eigenvalue weighted by atomic mass is 16.7. The van der Waals surface area contributed by atoms with Crippen LogP contribution in [-0.2, 0) is 19.2 Å². The number of carbonyl (C=O) groups is 3. The summed E-state index contributed by atoms with van der Waals surface area (Å²) >= 11 is 0. The lowest BCUT2D eigenvalue weighted by molar-refractivity contribution is -0.171. The standard InChI is InChI=1S/C8H10N2O5/c1-4(2)8(14)15-9-10-6(12)3-5(11)7(10)13/h5,9,11H,1,3H2,2H3. The van der Waals surface area contributed by atoms with E-state index in [1.165, 1.54) is 6.92 Å². The van der Waals surface area contributed by atoms with Gasteiger partial charge in [0.2, 0.25) is 5.91 Å². The number of nitrogens with zero attached hydrogens (tertiary/aromatic N) is 1. The zero-order valence-electron chi connectivity index (χ0n) is 8.02. The van der Waals surface area contributed by atoms with Crippen LogP contribution >= 0.6 is 0 Å². The quantitative estimate of drug-likeness (QED) is 0.342. The normalized spacial score (nSPS) is 20.7. The molecule has 1 fully saturated rings. The Morgan fingerprint density at radius 1 is 1.67 bits per heavy atom. The fourth-order valence-corrected chi connectivity index (χ4v) is 0.886. The number of hydrazine groups is 1. The largest absolute Gasteiger partial charge is 0.383 e. The van der Waals surface area contributed by atoms with Crippen LogP contribution in [0.4, 0.5) is 0 Å². The first-order valence-electron chi connectivity index (χ1n) is 4.10. The van der Waals surface area contributed by atoms with Gasteiger partial charge in [0.15, 0.2) is 0 Å². The van der Waals surface area contributed by atoms with E-state index in [0.29, 0.717) is 5.01 Å². The average Bonchev–Trinajstić information content (AvgIpc) is 2.38. The van der Waals surface area contributed by atoms with Crippen molar-refractivity contribution in [3.63, 3.8) is 0 Å². The van der Waals surface area contributed by atoms with Crippen LogP contribution in [-0.4, -0.2) is 34.0 Å². The Hall–Kier alpha value is -1.73. The van der Waals surface area contributed by atoms with Crippen LogP contribution in [0.5, 0.6) is 0 Å². The zero-order chi connectivity index (χ0) is 11.6. The highest BCUT2D eigenvalue weighted by molar-refractivity contribution is 6.04. The van der Waals surface area contributed by atoms with Gasteiger partial charge in [0.1, 0.15) is 6.10 Å². The van der Waals surface area contributed by atoms with E-state index >= 15 is 0 Å². The molecule has 15 heavy (non-hydrogen) atoms. The summed E-state index contributed by atoms with van der Waals surface area (Å²) in [6.07, 6.45) is -1.70. The third-order valence-corrected chi connectivity index (χ3v) is 1.70. The van der Waals surface area contributed by atoms with E-state index in [9.17, 15) is 14.4 Å². The Morgan fingerprint density at radius 3 is 2.67 bits per heavy atom. The van der Waals surface area contributed by atoms with Gasteiger partial charge in [-0.05, 0) is 6.92 Å². The Labute approximate surface area is 85.2 Å². The number of hydrogen-bond donors (Lipinski definition) is 2. The molecule has 82 valence electrons. The van der Waals surface area contributed by atoms with Gasteiger partial charge in [-0.25, -0.2) is 4.79 Å². The number of aliphatic hydroxyl groups excluding tert-OH is 1. The maximum Gasteiger partial charge on any atom is 0.353 e. The van der Waals surface area contributed by atoms with Gasteiger partial charge in [0.05, 0.1) is 6.42 Å². The van der Waals surface area contributed by atoms with Crippen molar-refractivity contribution >= 4 is 17.8 Å². The van der Waals surface area contributed by atoms with Crippen molar-refractivity contribution in [1.82, 2.24) is 10.6 Å². The molecule has 2 amide bonds. The lowest BCUT2D eigenvalue weighted by atomic mass is 10.3. The van der Waals surface area contributed by atoms with Gasteiger partial charge in [-0.2, -0.15) is 5.01 Å². The summed E-state index contributed by atoms with van der Waals surface area (Å²) in [5, 5.41) is 9.45. The highest BCUT2D eigenvalue weighted by Gasteiger charge is 2.38. The van der Waals surface area contributed by atoms with Crippen molar-refractivity contribution in [2.45, 2.75) is 19.4 Å². The van der Waals surface area contributed by atoms with Crippen LogP contribution in [0.25, 0.3) is 0 Å². The molecule has 1 unspecified atom stereocenters. The molecule has 0 aromatic heterocycles. The van der Waals surface area contributed by atoms with Crippen molar-refractivity contribution in [1.29, 1.82) is 0 Å². The van der Waals surface area contributed by atoms with Gasteiger partial charge in [-0.3, -0.25) is 9.59 Å². The minimum Gasteiger partial charge on any atom is -0.383 e. The Kier molecular flexibility index (Phi) is 3.17. The summed E-state index contributed by atoms with van der Waals surface area (Å²) in [4.78, 5) is 37.4. The van der Waals surface area contributed by atoms with Crippen molar-refractivity contribution in [3.05, 3.63) is 12.2 Å². The monoisotopic (exact) mass is 214 g/mol. The predicted octanol–water partition coefficient (Wildman–Crippen LogP) is -1.35. The maximum atomic E-state index is 11.1. The van der Waals surface area contributed by atoms with Crippen molar-refractivity contribution in [2.75, 3.05) is 0 Å². The fourth-order valence-electron chi connectivity index (χ4n) is 0.886. The Morgan fingerprint density at radius 2 is 2.27 bits per heavy atom. The SMILES string of the molecule is C=C(C)C(=O)ONN1C(=O)CC(O)C1=O. The summed E-state index contributed by atoms with van der Waals surface area (Å²) in [6.45, 7) is 4.71. The summed E-state index contributed by atoms with van der Waals surface area (Å²) in [5.41, 5.74) is 1.97. The van der Waals surface area contributed by atoms with Crippen LogP contribution in [0.15, 0.2) is 12.2 Å². The third kappa shape index (κ3) is 2.39. The van der Waals surface area contributed by atoms with E-state index < -0.39 is 23.9 Å². The molecule has 2 N–H and O–H groups in total. The van der Waals surface area contributed by atoms with E-state index in [1.54, 1.807) is 0 Å². The average molecular weight is 214 g/mol. The number of amides is 2. The molecule has 1 heterocycles. The number of imide groups is 1. The molecule has 1 aliphatic rings. The summed E-state index contributed by atoms with van der Waals surface area (Å²) in [6, 6.07) is 0. The van der Waals surface area contributed by atoms with Crippen LogP contribution < -0.4 is 5.59 Å². The second-order valence-corrected chi connectivity index (χ2v) is 3.05. The molecule has 0 aromatic rings. The van der Waals surface area contributed by atoms with E-state index in [1.807, 2.05) is 5.59 Å². The van der Waals surface area contributed by atoms with Gasteiger partial charge in [0, 0.05) is 5.57 Å². The van der Waals surface area contributed by atoms with Crippen LogP contribution in [0, 0.1) is 0 Å². The van der Waals surface area contributed by atoms with Gasteiger partial charge >= 0.3 is 5.97 Å². The number of rotatable bonds is 3. The maximum absolute atomic E-state index is 11.1. The van der Waals surface area contributed by atoms with Crippen molar-refractivity contribution in [2.24, 2.45) is 0 Å². The Balaban J connectivity index is 2.52. The minimum absolute atomic E-state index is 0.113. The number of hydrogen-bond acceptors (Lipinski definition) is 6. The van der Waals surface area contributed by atoms with E-state index in [4.69, 9.17) is 5.11 Å². The molecule has 7 heteroatoms. The molecular formula is C8H10N2O5. The molecule has 7 nitrogen and oxygen atoms in total.